The van der Waals surface area contributed by atoms with Crippen molar-refractivity contribution in [2.45, 2.75) is 46.6 Å². The van der Waals surface area contributed by atoms with E-state index in [9.17, 15) is 9.59 Å². The fourth-order valence-electron chi connectivity index (χ4n) is 1.27. The van der Waals surface area contributed by atoms with Crippen LogP contribution in [0.4, 0.5) is 0 Å². The fraction of sp³-hybridized carbons (Fsp3) is 0.846. The Kier molecular flexibility index (Phi) is 7.59. The number of amides is 2. The highest BCUT2D eigenvalue weighted by molar-refractivity contribution is 5.79. The summed E-state index contributed by atoms with van der Waals surface area (Å²) >= 11 is 0. The average molecular weight is 257 g/mol. The Hall–Kier alpha value is -1.10. The maximum atomic E-state index is 11.4. The molecule has 0 fully saturated rings. The van der Waals surface area contributed by atoms with E-state index in [1.807, 2.05) is 20.8 Å². The third-order valence-corrected chi connectivity index (χ3v) is 2.04. The number of nitrogens with one attached hydrogen (secondary N) is 3. The van der Waals surface area contributed by atoms with Crippen LogP contribution >= 0.6 is 0 Å². The molecule has 0 aliphatic heterocycles. The molecule has 0 saturated carbocycles. The van der Waals surface area contributed by atoms with Crippen LogP contribution in [-0.2, 0) is 9.59 Å². The van der Waals surface area contributed by atoms with E-state index < -0.39 is 0 Å². The summed E-state index contributed by atoms with van der Waals surface area (Å²) in [5.41, 5.74) is -0.215. The van der Waals surface area contributed by atoms with Crippen molar-refractivity contribution >= 4 is 11.8 Å². The van der Waals surface area contributed by atoms with Gasteiger partial charge in [0.2, 0.25) is 11.8 Å². The molecule has 0 heterocycles. The average Bonchev–Trinajstić information content (AvgIpc) is 2.19. The molecule has 0 radical (unpaired) electrons. The molecule has 2 amide bonds. The monoisotopic (exact) mass is 257 g/mol. The van der Waals surface area contributed by atoms with Crippen molar-refractivity contribution in [1.82, 2.24) is 16.0 Å². The van der Waals surface area contributed by atoms with E-state index in [4.69, 9.17) is 0 Å². The third kappa shape index (κ3) is 11.4. The van der Waals surface area contributed by atoms with Crippen LogP contribution in [0.5, 0.6) is 0 Å². The van der Waals surface area contributed by atoms with Crippen molar-refractivity contribution in [3.63, 3.8) is 0 Å². The van der Waals surface area contributed by atoms with Gasteiger partial charge in [-0.05, 0) is 26.7 Å². The number of carbonyl (C=O) groups is 2. The molecule has 0 atom stereocenters. The van der Waals surface area contributed by atoms with Gasteiger partial charge in [0.05, 0.1) is 6.54 Å². The van der Waals surface area contributed by atoms with Gasteiger partial charge in [-0.3, -0.25) is 9.59 Å². The summed E-state index contributed by atoms with van der Waals surface area (Å²) in [6, 6.07) is 0. The maximum Gasteiger partial charge on any atom is 0.234 e. The predicted octanol–water partition coefficient (Wildman–Crippen LogP) is 0.653. The standard InChI is InChI=1S/C13H27N3O2/c1-10(2)8-15-11(17)6-7-14-9-12(18)16-13(3,4)5/h10,14H,6-9H2,1-5H3,(H,15,17)(H,16,18). The van der Waals surface area contributed by atoms with Crippen LogP contribution in [0, 0.1) is 5.92 Å². The van der Waals surface area contributed by atoms with E-state index in [1.54, 1.807) is 0 Å². The lowest BCUT2D eigenvalue weighted by Crippen LogP contribution is -2.45. The van der Waals surface area contributed by atoms with Crippen molar-refractivity contribution in [1.29, 1.82) is 0 Å². The Morgan fingerprint density at radius 3 is 2.22 bits per heavy atom. The van der Waals surface area contributed by atoms with Gasteiger partial charge < -0.3 is 16.0 Å². The molecule has 0 rings (SSSR count). The van der Waals surface area contributed by atoms with E-state index >= 15 is 0 Å². The zero-order valence-electron chi connectivity index (χ0n) is 12.2. The minimum atomic E-state index is -0.215. The van der Waals surface area contributed by atoms with Gasteiger partial charge in [-0.15, -0.1) is 0 Å². The maximum absolute atomic E-state index is 11.4. The van der Waals surface area contributed by atoms with Crippen LogP contribution in [0.15, 0.2) is 0 Å². The summed E-state index contributed by atoms with van der Waals surface area (Å²) in [5, 5.41) is 8.63. The highest BCUT2D eigenvalue weighted by Gasteiger charge is 2.12. The molecule has 3 N–H and O–H groups in total. The molecule has 0 aliphatic rings. The smallest absolute Gasteiger partial charge is 0.234 e. The van der Waals surface area contributed by atoms with E-state index in [2.05, 4.69) is 29.8 Å². The molecule has 0 unspecified atom stereocenters. The highest BCUT2D eigenvalue weighted by atomic mass is 16.2. The van der Waals surface area contributed by atoms with Crippen LogP contribution in [0.2, 0.25) is 0 Å². The highest BCUT2D eigenvalue weighted by Crippen LogP contribution is 1.97. The Bertz CT molecular complexity index is 270. The summed E-state index contributed by atoms with van der Waals surface area (Å²) in [7, 11) is 0. The van der Waals surface area contributed by atoms with Gasteiger partial charge in [0.1, 0.15) is 0 Å². The number of carbonyl (C=O) groups excluding carboxylic acids is 2. The summed E-state index contributed by atoms with van der Waals surface area (Å²) < 4.78 is 0. The molecule has 0 aromatic carbocycles. The molecule has 0 aromatic rings. The minimum absolute atomic E-state index is 0.0208. The lowest BCUT2D eigenvalue weighted by Gasteiger charge is -2.20. The summed E-state index contributed by atoms with van der Waals surface area (Å²) in [6.07, 6.45) is 0.398. The number of rotatable bonds is 7. The molecule has 0 aliphatic carbocycles. The van der Waals surface area contributed by atoms with Crippen LogP contribution in [0.1, 0.15) is 41.0 Å². The Labute approximate surface area is 110 Å². The van der Waals surface area contributed by atoms with Gasteiger partial charge in [0.25, 0.3) is 0 Å². The second kappa shape index (κ2) is 8.08. The van der Waals surface area contributed by atoms with Crippen molar-refractivity contribution < 1.29 is 9.59 Å². The number of hydrogen-bond donors (Lipinski definition) is 3. The van der Waals surface area contributed by atoms with Gasteiger partial charge in [-0.2, -0.15) is 0 Å². The van der Waals surface area contributed by atoms with Crippen LogP contribution in [0.25, 0.3) is 0 Å². The first kappa shape index (κ1) is 16.9. The van der Waals surface area contributed by atoms with Crippen molar-refractivity contribution in [2.75, 3.05) is 19.6 Å². The first-order chi connectivity index (χ1) is 8.20. The minimum Gasteiger partial charge on any atom is -0.356 e. The molecule has 106 valence electrons. The Morgan fingerprint density at radius 1 is 1.11 bits per heavy atom. The molecule has 18 heavy (non-hydrogen) atoms. The molecule has 5 nitrogen and oxygen atoms in total. The lowest BCUT2D eigenvalue weighted by atomic mass is 10.1. The molecule has 0 aromatic heterocycles. The molecule has 0 spiro atoms. The van der Waals surface area contributed by atoms with E-state index in [0.717, 1.165) is 0 Å². The van der Waals surface area contributed by atoms with Gasteiger partial charge in [0.15, 0.2) is 0 Å². The van der Waals surface area contributed by atoms with Crippen molar-refractivity contribution in [3.8, 4) is 0 Å². The zero-order chi connectivity index (χ0) is 14.2. The van der Waals surface area contributed by atoms with Crippen LogP contribution < -0.4 is 16.0 Å². The van der Waals surface area contributed by atoms with E-state index in [-0.39, 0.29) is 23.9 Å². The molecule has 0 bridgehead atoms. The molecular weight excluding hydrogens is 230 g/mol. The Balaban J connectivity index is 3.56. The first-order valence-corrected chi connectivity index (χ1v) is 6.49. The van der Waals surface area contributed by atoms with Gasteiger partial charge in [-0.25, -0.2) is 0 Å². The molecule has 0 saturated heterocycles. The summed E-state index contributed by atoms with van der Waals surface area (Å²) in [6.45, 7) is 11.4. The first-order valence-electron chi connectivity index (χ1n) is 6.49. The normalized spacial score (nSPS) is 11.4. The third-order valence-electron chi connectivity index (χ3n) is 2.04. The largest absolute Gasteiger partial charge is 0.356 e. The van der Waals surface area contributed by atoms with Gasteiger partial charge in [0, 0.05) is 25.0 Å². The van der Waals surface area contributed by atoms with Crippen LogP contribution in [0.3, 0.4) is 0 Å². The van der Waals surface area contributed by atoms with Crippen molar-refractivity contribution in [3.05, 3.63) is 0 Å². The Morgan fingerprint density at radius 2 is 1.72 bits per heavy atom. The van der Waals surface area contributed by atoms with Gasteiger partial charge >= 0.3 is 0 Å². The zero-order valence-corrected chi connectivity index (χ0v) is 12.2. The van der Waals surface area contributed by atoms with Crippen LogP contribution in [-0.4, -0.2) is 37.0 Å². The lowest BCUT2D eigenvalue weighted by molar-refractivity contribution is -0.123. The quantitative estimate of drug-likeness (QED) is 0.587. The van der Waals surface area contributed by atoms with E-state index in [0.29, 0.717) is 25.4 Å². The summed E-state index contributed by atoms with van der Waals surface area (Å²) in [4.78, 5) is 22.8. The SMILES string of the molecule is CC(C)CNC(=O)CCNCC(=O)NC(C)(C)C. The second-order valence-electron chi connectivity index (χ2n) is 5.92. The molecule has 5 heteroatoms. The predicted molar refractivity (Wildman–Crippen MR) is 73.2 cm³/mol. The van der Waals surface area contributed by atoms with Gasteiger partial charge in [-0.1, -0.05) is 13.8 Å². The topological polar surface area (TPSA) is 70.2 Å². The summed E-state index contributed by atoms with van der Waals surface area (Å²) in [5.74, 6) is 0.428. The molecular formula is C13H27N3O2. The fourth-order valence-corrected chi connectivity index (χ4v) is 1.27. The van der Waals surface area contributed by atoms with E-state index in [1.165, 1.54) is 0 Å². The number of hydrogen-bond acceptors (Lipinski definition) is 3. The van der Waals surface area contributed by atoms with Crippen molar-refractivity contribution in [2.24, 2.45) is 5.92 Å². The second-order valence-corrected chi connectivity index (χ2v) is 5.92.